The van der Waals surface area contributed by atoms with E-state index < -0.39 is 12.7 Å². The molecule has 0 aromatic rings. The third-order valence-electron chi connectivity index (χ3n) is 2.89. The van der Waals surface area contributed by atoms with Gasteiger partial charge in [-0.25, -0.2) is 0 Å². The van der Waals surface area contributed by atoms with Gasteiger partial charge in [-0.1, -0.05) is 0 Å². The fourth-order valence-electron chi connectivity index (χ4n) is 2.19. The summed E-state index contributed by atoms with van der Waals surface area (Å²) in [5.74, 6) is 0. The van der Waals surface area contributed by atoms with E-state index >= 15 is 0 Å². The van der Waals surface area contributed by atoms with Gasteiger partial charge in [-0.2, -0.15) is 13.2 Å². The van der Waals surface area contributed by atoms with Gasteiger partial charge in [0.25, 0.3) is 0 Å². The fourth-order valence-corrected chi connectivity index (χ4v) is 2.19. The second kappa shape index (κ2) is 5.33. The van der Waals surface area contributed by atoms with Gasteiger partial charge in [0.15, 0.2) is 0 Å². The Bertz CT molecular complexity index is 215. The molecule has 0 amide bonds. The van der Waals surface area contributed by atoms with Crippen LogP contribution in [0.2, 0.25) is 0 Å². The summed E-state index contributed by atoms with van der Waals surface area (Å²) >= 11 is 0. The summed E-state index contributed by atoms with van der Waals surface area (Å²) in [5.41, 5.74) is 5.36. The predicted molar refractivity (Wildman–Crippen MR) is 55.1 cm³/mol. The van der Waals surface area contributed by atoms with Gasteiger partial charge < -0.3 is 10.5 Å². The molecule has 0 bridgehead atoms. The Labute approximate surface area is 93.7 Å². The van der Waals surface area contributed by atoms with E-state index in [0.717, 1.165) is 12.8 Å². The first-order valence-electron chi connectivity index (χ1n) is 5.40. The molecule has 0 spiro atoms. The molecule has 2 N–H and O–H groups in total. The van der Waals surface area contributed by atoms with Gasteiger partial charge in [0.2, 0.25) is 0 Å². The minimum absolute atomic E-state index is 0.307. The molecule has 1 saturated heterocycles. The first-order valence-corrected chi connectivity index (χ1v) is 5.40. The molecule has 1 aliphatic heterocycles. The van der Waals surface area contributed by atoms with Gasteiger partial charge in [-0.3, -0.25) is 4.90 Å². The first kappa shape index (κ1) is 13.7. The highest BCUT2D eigenvalue weighted by Crippen LogP contribution is 2.29. The number of nitrogens with two attached hydrogens (primary N) is 1. The fraction of sp³-hybridized carbons (Fsp3) is 1.00. The molecule has 0 aromatic carbocycles. The van der Waals surface area contributed by atoms with Crippen molar-refractivity contribution in [1.82, 2.24) is 4.90 Å². The van der Waals surface area contributed by atoms with Crippen molar-refractivity contribution in [2.24, 2.45) is 11.1 Å². The van der Waals surface area contributed by atoms with Gasteiger partial charge in [0.1, 0.15) is 0 Å². The number of alkyl halides is 3. The number of nitrogens with zero attached hydrogens (tertiary/aromatic N) is 1. The predicted octanol–water partition coefficient (Wildman–Crippen LogP) is 1.24. The van der Waals surface area contributed by atoms with Crippen LogP contribution in [0.25, 0.3) is 0 Å². The molecule has 96 valence electrons. The Morgan fingerprint density at radius 2 is 2.12 bits per heavy atom. The SMILES string of the molecule is CN(CC(F)(F)F)CC1(CN)CCCOC1. The van der Waals surface area contributed by atoms with Gasteiger partial charge in [0, 0.05) is 25.1 Å². The zero-order valence-electron chi connectivity index (χ0n) is 9.52. The Morgan fingerprint density at radius 1 is 1.44 bits per heavy atom. The molecule has 0 aliphatic carbocycles. The molecule has 3 nitrogen and oxygen atoms in total. The molecule has 1 heterocycles. The van der Waals surface area contributed by atoms with Gasteiger partial charge in [0.05, 0.1) is 13.2 Å². The summed E-state index contributed by atoms with van der Waals surface area (Å²) in [6.45, 7) is 0.962. The molecule has 16 heavy (non-hydrogen) atoms. The second-order valence-corrected chi connectivity index (χ2v) is 4.65. The quantitative estimate of drug-likeness (QED) is 0.803. The van der Waals surface area contributed by atoms with Crippen LogP contribution in [0.15, 0.2) is 0 Å². The number of ether oxygens (including phenoxy) is 1. The van der Waals surface area contributed by atoms with Crippen LogP contribution in [0.4, 0.5) is 13.2 Å². The van der Waals surface area contributed by atoms with Crippen molar-refractivity contribution < 1.29 is 17.9 Å². The molecular formula is C10H19F3N2O. The standard InChI is InChI=1S/C10H19F3N2O/c1-15(7-10(11,12)13)6-9(5-14)3-2-4-16-8-9/h2-8,14H2,1H3. The smallest absolute Gasteiger partial charge is 0.381 e. The van der Waals surface area contributed by atoms with Crippen molar-refractivity contribution in [2.45, 2.75) is 19.0 Å². The largest absolute Gasteiger partial charge is 0.401 e. The third kappa shape index (κ3) is 4.27. The molecule has 6 heteroatoms. The van der Waals surface area contributed by atoms with Crippen LogP contribution in [-0.4, -0.2) is 51.0 Å². The highest BCUT2D eigenvalue weighted by atomic mass is 19.4. The van der Waals surface area contributed by atoms with Gasteiger partial charge in [-0.15, -0.1) is 0 Å². The Morgan fingerprint density at radius 3 is 2.56 bits per heavy atom. The summed E-state index contributed by atoms with van der Waals surface area (Å²) in [4.78, 5) is 1.28. The molecule has 0 aromatic heterocycles. The lowest BCUT2D eigenvalue weighted by molar-refractivity contribution is -0.148. The van der Waals surface area contributed by atoms with Crippen LogP contribution >= 0.6 is 0 Å². The Balaban J connectivity index is 2.48. The van der Waals surface area contributed by atoms with E-state index in [1.54, 1.807) is 0 Å². The summed E-state index contributed by atoms with van der Waals surface area (Å²) in [5, 5.41) is 0. The summed E-state index contributed by atoms with van der Waals surface area (Å²) in [6, 6.07) is 0. The minimum atomic E-state index is -4.15. The zero-order valence-corrected chi connectivity index (χ0v) is 9.52. The maximum atomic E-state index is 12.2. The van der Waals surface area contributed by atoms with Crippen LogP contribution in [0, 0.1) is 5.41 Å². The van der Waals surface area contributed by atoms with Crippen LogP contribution in [-0.2, 0) is 4.74 Å². The van der Waals surface area contributed by atoms with E-state index in [2.05, 4.69) is 0 Å². The maximum Gasteiger partial charge on any atom is 0.401 e. The normalized spacial score (nSPS) is 27.4. The molecule has 0 saturated carbocycles. The van der Waals surface area contributed by atoms with Crippen LogP contribution in [0.1, 0.15) is 12.8 Å². The van der Waals surface area contributed by atoms with Gasteiger partial charge in [-0.05, 0) is 19.9 Å². The van der Waals surface area contributed by atoms with Crippen LogP contribution < -0.4 is 5.73 Å². The third-order valence-corrected chi connectivity index (χ3v) is 2.89. The number of halogens is 3. The topological polar surface area (TPSA) is 38.5 Å². The highest BCUT2D eigenvalue weighted by Gasteiger charge is 2.36. The average molecular weight is 240 g/mol. The number of rotatable bonds is 4. The summed E-state index contributed by atoms with van der Waals surface area (Å²) in [6.07, 6.45) is -2.44. The average Bonchev–Trinajstić information content (AvgIpc) is 2.16. The summed E-state index contributed by atoms with van der Waals surface area (Å²) < 4.78 is 41.9. The molecule has 1 rings (SSSR count). The first-order chi connectivity index (χ1) is 7.37. The zero-order chi connectivity index (χ0) is 12.2. The van der Waals surface area contributed by atoms with Crippen LogP contribution in [0.5, 0.6) is 0 Å². The van der Waals surface area contributed by atoms with E-state index in [1.807, 2.05) is 0 Å². The Kier molecular flexibility index (Phi) is 4.58. The van der Waals surface area contributed by atoms with E-state index in [1.165, 1.54) is 11.9 Å². The minimum Gasteiger partial charge on any atom is -0.381 e. The van der Waals surface area contributed by atoms with Crippen molar-refractivity contribution in [3.63, 3.8) is 0 Å². The van der Waals surface area contributed by atoms with E-state index in [0.29, 0.717) is 26.3 Å². The molecule has 0 radical (unpaired) electrons. The molecule has 1 unspecified atom stereocenters. The van der Waals surface area contributed by atoms with E-state index in [9.17, 15) is 13.2 Å². The van der Waals surface area contributed by atoms with Crippen molar-refractivity contribution >= 4 is 0 Å². The monoisotopic (exact) mass is 240 g/mol. The van der Waals surface area contributed by atoms with Crippen molar-refractivity contribution in [3.05, 3.63) is 0 Å². The highest BCUT2D eigenvalue weighted by molar-refractivity contribution is 4.85. The lowest BCUT2D eigenvalue weighted by Crippen LogP contribution is -2.48. The molecule has 1 aliphatic rings. The molecule has 1 fully saturated rings. The summed E-state index contributed by atoms with van der Waals surface area (Å²) in [7, 11) is 1.47. The lowest BCUT2D eigenvalue weighted by atomic mass is 9.82. The van der Waals surface area contributed by atoms with Gasteiger partial charge >= 0.3 is 6.18 Å². The van der Waals surface area contributed by atoms with Crippen molar-refractivity contribution in [3.8, 4) is 0 Å². The molecular weight excluding hydrogens is 221 g/mol. The number of hydrogen-bond donors (Lipinski definition) is 1. The second-order valence-electron chi connectivity index (χ2n) is 4.65. The molecule has 1 atom stereocenters. The van der Waals surface area contributed by atoms with E-state index in [4.69, 9.17) is 10.5 Å². The van der Waals surface area contributed by atoms with Crippen LogP contribution in [0.3, 0.4) is 0 Å². The van der Waals surface area contributed by atoms with Crippen molar-refractivity contribution in [2.75, 3.05) is 39.9 Å². The van der Waals surface area contributed by atoms with Crippen molar-refractivity contribution in [1.29, 1.82) is 0 Å². The van der Waals surface area contributed by atoms with E-state index in [-0.39, 0.29) is 5.41 Å². The number of hydrogen-bond acceptors (Lipinski definition) is 3. The lowest BCUT2D eigenvalue weighted by Gasteiger charge is -2.39. The maximum absolute atomic E-state index is 12.2. The Hall–Kier alpha value is -0.330.